The molecule has 2 aromatic heterocycles. The van der Waals surface area contributed by atoms with Gasteiger partial charge in [0.05, 0.1) is 10.4 Å². The van der Waals surface area contributed by atoms with Gasteiger partial charge in [-0.05, 0) is 55.3 Å². The van der Waals surface area contributed by atoms with E-state index in [0.29, 0.717) is 35.1 Å². The molecule has 0 bridgehead atoms. The highest BCUT2D eigenvalue weighted by Gasteiger charge is 2.16. The number of nitrogens with one attached hydrogen (secondary N) is 1. The number of sulfonamides is 1. The van der Waals surface area contributed by atoms with Crippen molar-refractivity contribution < 1.29 is 8.42 Å². The molecule has 0 radical (unpaired) electrons. The van der Waals surface area contributed by atoms with E-state index >= 15 is 0 Å². The molecule has 0 saturated carbocycles. The van der Waals surface area contributed by atoms with Gasteiger partial charge in [-0.25, -0.2) is 18.5 Å². The molecule has 0 aliphatic rings. The number of halogens is 1. The van der Waals surface area contributed by atoms with Crippen LogP contribution in [0, 0.1) is 6.92 Å². The van der Waals surface area contributed by atoms with Crippen LogP contribution in [0.1, 0.15) is 11.1 Å². The lowest BCUT2D eigenvalue weighted by molar-refractivity contribution is 0.598. The second kappa shape index (κ2) is 8.68. The molecule has 34 heavy (non-hydrogen) atoms. The van der Waals surface area contributed by atoms with Crippen molar-refractivity contribution in [2.45, 2.75) is 18.2 Å². The molecule has 0 aliphatic carbocycles. The second-order valence-electron chi connectivity index (χ2n) is 8.03. The summed E-state index contributed by atoms with van der Waals surface area (Å²) in [4.78, 5) is 4.96. The maximum absolute atomic E-state index is 11.5. The summed E-state index contributed by atoms with van der Waals surface area (Å²) in [6, 6.07) is 20.1. The number of benzene rings is 3. The first-order valence-corrected chi connectivity index (χ1v) is 12.5. The van der Waals surface area contributed by atoms with Gasteiger partial charge in [0.2, 0.25) is 10.0 Å². The fourth-order valence-corrected chi connectivity index (χ4v) is 4.55. The van der Waals surface area contributed by atoms with Gasteiger partial charge < -0.3 is 5.32 Å². The summed E-state index contributed by atoms with van der Waals surface area (Å²) < 4.78 is 24.6. The molecule has 0 saturated heterocycles. The van der Waals surface area contributed by atoms with Gasteiger partial charge in [-0.3, -0.25) is 0 Å². The number of hydrogen-bond acceptors (Lipinski definition) is 6. The minimum absolute atomic E-state index is 0.0936. The molecule has 10 heteroatoms. The molecule has 0 spiro atoms. The first-order chi connectivity index (χ1) is 16.3. The normalized spacial score (nSPS) is 11.9. The summed E-state index contributed by atoms with van der Waals surface area (Å²) in [7, 11) is -3.71. The molecule has 8 nitrogen and oxygen atoms in total. The van der Waals surface area contributed by atoms with Crippen LogP contribution in [0.15, 0.2) is 71.6 Å². The van der Waals surface area contributed by atoms with E-state index in [-0.39, 0.29) is 4.90 Å². The Hall–Kier alpha value is -3.53. The number of fused-ring (bicyclic) bond motifs is 3. The van der Waals surface area contributed by atoms with Crippen molar-refractivity contribution >= 4 is 44.0 Å². The van der Waals surface area contributed by atoms with Crippen LogP contribution in [0.25, 0.3) is 27.8 Å². The first-order valence-electron chi connectivity index (χ1n) is 10.6. The SMILES string of the molecule is Cc1cccc(-c2nnn3c2nc(NCCc2ccc(S(N)(=O)=O)cc2)c2ccc(Cl)cc23)c1. The van der Waals surface area contributed by atoms with Crippen molar-refractivity contribution in [3.05, 3.63) is 82.9 Å². The van der Waals surface area contributed by atoms with Crippen molar-refractivity contribution in [3.63, 3.8) is 0 Å². The van der Waals surface area contributed by atoms with E-state index in [1.165, 1.54) is 12.1 Å². The van der Waals surface area contributed by atoms with E-state index in [1.807, 2.05) is 49.4 Å². The number of aryl methyl sites for hydroxylation is 1. The van der Waals surface area contributed by atoms with E-state index in [2.05, 4.69) is 15.6 Å². The Kier molecular flexibility index (Phi) is 5.68. The third-order valence-corrected chi connectivity index (χ3v) is 6.72. The van der Waals surface area contributed by atoms with E-state index < -0.39 is 10.0 Å². The van der Waals surface area contributed by atoms with Crippen LogP contribution in [-0.4, -0.2) is 34.8 Å². The summed E-state index contributed by atoms with van der Waals surface area (Å²) in [6.07, 6.45) is 0.662. The lowest BCUT2D eigenvalue weighted by Crippen LogP contribution is -2.12. The first kappa shape index (κ1) is 22.3. The number of nitrogens with two attached hydrogens (primary N) is 1. The Labute approximate surface area is 201 Å². The Morgan fingerprint density at radius 3 is 2.59 bits per heavy atom. The van der Waals surface area contributed by atoms with Gasteiger partial charge in [0, 0.05) is 22.5 Å². The molecular formula is C24H21ClN6O2S. The average Bonchev–Trinajstić information content (AvgIpc) is 3.23. The van der Waals surface area contributed by atoms with Crippen LogP contribution in [0.2, 0.25) is 5.02 Å². The van der Waals surface area contributed by atoms with Gasteiger partial charge in [-0.15, -0.1) is 5.10 Å². The van der Waals surface area contributed by atoms with E-state index in [0.717, 1.165) is 27.6 Å². The third-order valence-electron chi connectivity index (χ3n) is 5.56. The molecule has 172 valence electrons. The van der Waals surface area contributed by atoms with Gasteiger partial charge in [0.25, 0.3) is 0 Å². The van der Waals surface area contributed by atoms with Gasteiger partial charge in [0.15, 0.2) is 5.65 Å². The van der Waals surface area contributed by atoms with Crippen LogP contribution >= 0.6 is 11.6 Å². The van der Waals surface area contributed by atoms with Gasteiger partial charge in [-0.2, -0.15) is 4.52 Å². The second-order valence-corrected chi connectivity index (χ2v) is 10.0. The molecule has 0 amide bonds. The minimum atomic E-state index is -3.71. The Bertz CT molecular complexity index is 1630. The highest BCUT2D eigenvalue weighted by molar-refractivity contribution is 7.89. The fraction of sp³-hybridized carbons (Fsp3) is 0.125. The topological polar surface area (TPSA) is 115 Å². The van der Waals surface area contributed by atoms with Gasteiger partial charge in [-0.1, -0.05) is 52.7 Å². The van der Waals surface area contributed by atoms with E-state index in [4.69, 9.17) is 21.7 Å². The number of rotatable bonds is 6. The van der Waals surface area contributed by atoms with E-state index in [1.54, 1.807) is 16.6 Å². The molecule has 0 fully saturated rings. The Balaban J connectivity index is 1.50. The maximum Gasteiger partial charge on any atom is 0.238 e. The number of aromatic nitrogens is 4. The zero-order chi connectivity index (χ0) is 23.9. The van der Waals surface area contributed by atoms with Crippen molar-refractivity contribution in [1.29, 1.82) is 0 Å². The molecule has 0 aliphatic heterocycles. The molecule has 0 atom stereocenters. The largest absolute Gasteiger partial charge is 0.369 e. The number of nitrogens with zero attached hydrogens (tertiary/aromatic N) is 4. The monoisotopic (exact) mass is 492 g/mol. The molecule has 3 N–H and O–H groups in total. The summed E-state index contributed by atoms with van der Waals surface area (Å²) >= 11 is 6.29. The van der Waals surface area contributed by atoms with Crippen LogP contribution in [0.5, 0.6) is 0 Å². The Morgan fingerprint density at radius 2 is 1.85 bits per heavy atom. The fourth-order valence-electron chi connectivity index (χ4n) is 3.87. The number of primary sulfonamides is 1. The zero-order valence-corrected chi connectivity index (χ0v) is 19.8. The minimum Gasteiger partial charge on any atom is -0.369 e. The molecule has 3 aromatic carbocycles. The third kappa shape index (κ3) is 4.33. The van der Waals surface area contributed by atoms with Crippen molar-refractivity contribution in [2.75, 3.05) is 11.9 Å². The number of hydrogen-bond donors (Lipinski definition) is 2. The summed E-state index contributed by atoms with van der Waals surface area (Å²) in [5.74, 6) is 0.691. The molecule has 2 heterocycles. The van der Waals surface area contributed by atoms with E-state index in [9.17, 15) is 8.42 Å². The van der Waals surface area contributed by atoms with Crippen molar-refractivity contribution in [1.82, 2.24) is 19.8 Å². The average molecular weight is 493 g/mol. The van der Waals surface area contributed by atoms with Gasteiger partial charge in [0.1, 0.15) is 11.5 Å². The van der Waals surface area contributed by atoms with Crippen LogP contribution in [0.4, 0.5) is 5.82 Å². The van der Waals surface area contributed by atoms with Crippen LogP contribution in [0.3, 0.4) is 0 Å². The number of anilines is 1. The lowest BCUT2D eigenvalue weighted by atomic mass is 10.1. The molecule has 5 aromatic rings. The highest BCUT2D eigenvalue weighted by atomic mass is 35.5. The predicted molar refractivity (Wildman–Crippen MR) is 133 cm³/mol. The van der Waals surface area contributed by atoms with Crippen molar-refractivity contribution in [2.24, 2.45) is 5.14 Å². The highest BCUT2D eigenvalue weighted by Crippen LogP contribution is 2.30. The summed E-state index contributed by atoms with van der Waals surface area (Å²) in [6.45, 7) is 2.61. The van der Waals surface area contributed by atoms with Crippen LogP contribution in [-0.2, 0) is 16.4 Å². The maximum atomic E-state index is 11.5. The summed E-state index contributed by atoms with van der Waals surface area (Å²) in [5, 5.41) is 18.8. The quantitative estimate of drug-likeness (QED) is 0.367. The predicted octanol–water partition coefficient (Wildman–Crippen LogP) is 4.21. The summed E-state index contributed by atoms with van der Waals surface area (Å²) in [5.41, 5.74) is 5.13. The smallest absolute Gasteiger partial charge is 0.238 e. The molecule has 5 rings (SSSR count). The molecule has 0 unspecified atom stereocenters. The zero-order valence-electron chi connectivity index (χ0n) is 18.2. The van der Waals surface area contributed by atoms with Gasteiger partial charge >= 0.3 is 0 Å². The Morgan fingerprint density at radius 1 is 1.06 bits per heavy atom. The lowest BCUT2D eigenvalue weighted by Gasteiger charge is -2.11. The molecular weight excluding hydrogens is 472 g/mol. The van der Waals surface area contributed by atoms with Crippen LogP contribution < -0.4 is 10.5 Å². The van der Waals surface area contributed by atoms with Crippen molar-refractivity contribution in [3.8, 4) is 11.3 Å². The standard InChI is InChI=1S/C24H21ClN6O2S/c1-15-3-2-4-17(13-15)22-24-28-23(20-10-7-18(25)14-21(20)31(24)30-29-22)27-12-11-16-5-8-19(9-6-16)34(26,32)33/h2-10,13-14H,11-12H2,1H3,(H,27,28)(H2,26,32,33).